The molecule has 9 heteroatoms. The van der Waals surface area contributed by atoms with Gasteiger partial charge in [-0.05, 0) is 167 Å². The number of rotatable bonds is 65. The monoisotopic (exact) mass is 1330 g/mol. The Kier molecular flexibility index (Phi) is 69.5. The third-order valence-electron chi connectivity index (χ3n) is 14.6. The van der Waals surface area contributed by atoms with Gasteiger partial charge in [0, 0.05) is 12.8 Å². The van der Waals surface area contributed by atoms with Gasteiger partial charge in [-0.2, -0.15) is 0 Å². The van der Waals surface area contributed by atoms with Crippen molar-refractivity contribution in [2.24, 2.45) is 0 Å². The molecule has 0 aromatic rings. The van der Waals surface area contributed by atoms with E-state index >= 15 is 0 Å². The fourth-order valence-electron chi connectivity index (χ4n) is 9.01. The van der Waals surface area contributed by atoms with Gasteiger partial charge >= 0.3 is 17.9 Å². The zero-order valence-electron chi connectivity index (χ0n) is 61.4. The molecule has 0 fully saturated rings. The Morgan fingerprint density at radius 2 is 0.557 bits per heavy atom. The lowest BCUT2D eigenvalue weighted by atomic mass is 10.1. The normalized spacial score (nSPS) is 14.1. The number of aliphatic carboxylic acids is 1. The minimum Gasteiger partial charge on any atom is -0.477 e. The Labute approximate surface area is 592 Å². The molecule has 0 amide bonds. The Morgan fingerprint density at radius 3 is 0.835 bits per heavy atom. The van der Waals surface area contributed by atoms with Crippen LogP contribution >= 0.6 is 0 Å². The highest BCUT2D eigenvalue weighted by Gasteiger charge is 2.25. The van der Waals surface area contributed by atoms with Crippen molar-refractivity contribution in [3.63, 3.8) is 0 Å². The molecular formula is C88H134NO8+. The van der Waals surface area contributed by atoms with Crippen molar-refractivity contribution in [2.75, 3.05) is 47.5 Å². The molecule has 97 heavy (non-hydrogen) atoms. The number of allylic oxidation sites excluding steroid dienone is 40. The molecular weight excluding hydrogens is 1200 g/mol. The summed E-state index contributed by atoms with van der Waals surface area (Å²) in [5.74, 6) is -2.10. The van der Waals surface area contributed by atoms with Crippen LogP contribution < -0.4 is 0 Å². The van der Waals surface area contributed by atoms with Crippen molar-refractivity contribution in [2.45, 2.75) is 245 Å². The first-order valence-electron chi connectivity index (χ1n) is 37.2. The molecule has 0 aliphatic heterocycles. The zero-order chi connectivity index (χ0) is 70.4. The smallest absolute Gasteiger partial charge is 0.361 e. The molecule has 0 spiro atoms. The number of quaternary nitrogens is 1. The van der Waals surface area contributed by atoms with E-state index in [-0.39, 0.29) is 38.6 Å². The van der Waals surface area contributed by atoms with Crippen LogP contribution in [0.15, 0.2) is 243 Å². The molecule has 0 aromatic heterocycles. The van der Waals surface area contributed by atoms with Gasteiger partial charge in [-0.25, -0.2) is 4.79 Å². The van der Waals surface area contributed by atoms with Crippen LogP contribution in [0, 0.1) is 0 Å². The van der Waals surface area contributed by atoms with Crippen LogP contribution in [0.25, 0.3) is 0 Å². The van der Waals surface area contributed by atoms with E-state index in [2.05, 4.69) is 257 Å². The topological polar surface area (TPSA) is 108 Å². The van der Waals surface area contributed by atoms with Gasteiger partial charge in [-0.1, -0.05) is 295 Å². The molecule has 9 nitrogen and oxygen atoms in total. The van der Waals surface area contributed by atoms with Crippen LogP contribution in [0.3, 0.4) is 0 Å². The van der Waals surface area contributed by atoms with Crippen LogP contribution in [0.1, 0.15) is 232 Å². The first kappa shape index (κ1) is 90.1. The van der Waals surface area contributed by atoms with Gasteiger partial charge in [-0.15, -0.1) is 0 Å². The van der Waals surface area contributed by atoms with E-state index in [4.69, 9.17) is 18.9 Å². The van der Waals surface area contributed by atoms with Crippen LogP contribution in [0.2, 0.25) is 0 Å². The van der Waals surface area contributed by atoms with E-state index in [1.807, 2.05) is 21.1 Å². The van der Waals surface area contributed by atoms with Gasteiger partial charge < -0.3 is 28.5 Å². The van der Waals surface area contributed by atoms with Crippen LogP contribution in [-0.4, -0.2) is 87.4 Å². The lowest BCUT2D eigenvalue weighted by molar-refractivity contribution is -0.870. The fraction of sp³-hybridized carbons (Fsp3) is 0.511. The third-order valence-corrected chi connectivity index (χ3v) is 14.6. The number of nitrogens with zero attached hydrogens (tertiary/aromatic N) is 1. The number of ether oxygens (including phenoxy) is 4. The number of carboxylic acid groups (broad SMARTS) is 1. The van der Waals surface area contributed by atoms with E-state index < -0.39 is 24.3 Å². The van der Waals surface area contributed by atoms with Crippen LogP contribution in [-0.2, 0) is 33.3 Å². The number of unbranched alkanes of at least 4 members (excludes halogenated alkanes) is 10. The lowest BCUT2D eigenvalue weighted by Crippen LogP contribution is -2.40. The number of likely N-dealkylation sites (N-methyl/N-ethyl adjacent to an activating group) is 1. The Hall–Kier alpha value is -6.91. The summed E-state index contributed by atoms with van der Waals surface area (Å²) in [6, 6.07) is 0. The number of carbonyl (C=O) groups is 3. The first-order valence-corrected chi connectivity index (χ1v) is 37.2. The largest absolute Gasteiger partial charge is 0.477 e. The molecule has 538 valence electrons. The summed E-state index contributed by atoms with van der Waals surface area (Å²) in [5, 5.41) is 9.76. The Bertz CT molecular complexity index is 2500. The molecule has 0 aliphatic rings. The molecule has 0 rings (SSSR count). The number of esters is 2. The highest BCUT2D eigenvalue weighted by Crippen LogP contribution is 2.13. The molecule has 2 unspecified atom stereocenters. The van der Waals surface area contributed by atoms with Crippen molar-refractivity contribution < 1.29 is 42.9 Å². The second-order valence-corrected chi connectivity index (χ2v) is 24.8. The predicted octanol–water partition coefficient (Wildman–Crippen LogP) is 24.0. The van der Waals surface area contributed by atoms with E-state index in [1.54, 1.807) is 0 Å². The molecule has 0 aromatic carbocycles. The maximum Gasteiger partial charge on any atom is 0.361 e. The maximum absolute atomic E-state index is 13.0. The predicted molar refractivity (Wildman–Crippen MR) is 418 cm³/mol. The van der Waals surface area contributed by atoms with E-state index in [0.717, 1.165) is 173 Å². The number of carbonyl (C=O) groups excluding carboxylic acids is 2. The average Bonchev–Trinajstić information content (AvgIpc) is 3.11. The lowest BCUT2D eigenvalue weighted by Gasteiger charge is -2.25. The van der Waals surface area contributed by atoms with Gasteiger partial charge in [0.15, 0.2) is 6.10 Å². The summed E-state index contributed by atoms with van der Waals surface area (Å²) in [6.45, 7) is 4.56. The Morgan fingerprint density at radius 1 is 0.309 bits per heavy atom. The summed E-state index contributed by atoms with van der Waals surface area (Å²) in [4.78, 5) is 37.7. The van der Waals surface area contributed by atoms with Crippen molar-refractivity contribution in [1.29, 1.82) is 0 Å². The van der Waals surface area contributed by atoms with Gasteiger partial charge in [0.05, 0.1) is 34.4 Å². The highest BCUT2D eigenvalue weighted by molar-refractivity contribution is 5.71. The van der Waals surface area contributed by atoms with Gasteiger partial charge in [-0.3, -0.25) is 9.59 Å². The quantitative estimate of drug-likeness (QED) is 0.0211. The standard InChI is InChI=1S/C88H133NO8/c1-6-8-10-12-14-16-18-20-22-24-26-28-30-32-34-36-38-40-42-43-45-47-49-51-53-55-57-59-61-63-65-67-69-71-73-75-77-79-86(91)97-84(83-96-88(87(92)93)94-81-80-89(3,4)5)82-95-85(90)78-76-74-72-70-68-66-64-62-60-58-56-54-52-50-48-46-44-41-39-37-35-33-31-29-27-25-23-21-19-17-15-13-11-9-7-2/h8-11,14-17,20-23,26-29,32-35,38-41,43,45-46,48-49,51-52,54-55,57-58,60-61,63,67,69,84,88H,6-7,12-13,18-19,24-25,30-31,36-37,42,44,47,50,53,56,59,62,64-66,68,70-83H2,1-5H3/p+1/b10-8-,11-9-,16-14-,17-15-,22-20-,23-21-,28-26-,29-27-,34-32-,35-33-,40-38-,41-39-,45-43-,48-46-,51-49-,54-52-,57-55-,60-58-,63-61-,69-67-. The van der Waals surface area contributed by atoms with Gasteiger partial charge in [0.25, 0.3) is 6.29 Å². The van der Waals surface area contributed by atoms with Crippen molar-refractivity contribution in [1.82, 2.24) is 0 Å². The third kappa shape index (κ3) is 76.3. The second kappa shape index (κ2) is 74.9. The summed E-state index contributed by atoms with van der Waals surface area (Å²) < 4.78 is 22.9. The minimum atomic E-state index is -1.54. The molecule has 0 aliphatic carbocycles. The van der Waals surface area contributed by atoms with Crippen molar-refractivity contribution >= 4 is 17.9 Å². The van der Waals surface area contributed by atoms with Gasteiger partial charge in [0.1, 0.15) is 13.2 Å². The van der Waals surface area contributed by atoms with Gasteiger partial charge in [0.2, 0.25) is 0 Å². The first-order chi connectivity index (χ1) is 47.6. The fourth-order valence-corrected chi connectivity index (χ4v) is 9.01. The van der Waals surface area contributed by atoms with Crippen LogP contribution in [0.5, 0.6) is 0 Å². The van der Waals surface area contributed by atoms with E-state index in [1.165, 1.54) is 19.3 Å². The van der Waals surface area contributed by atoms with E-state index in [9.17, 15) is 19.5 Å². The number of carboxylic acids is 1. The number of hydrogen-bond donors (Lipinski definition) is 1. The summed E-state index contributed by atoms with van der Waals surface area (Å²) in [6.07, 6.45) is 118. The molecule has 0 heterocycles. The molecule has 2 atom stereocenters. The molecule has 0 bridgehead atoms. The van der Waals surface area contributed by atoms with Crippen molar-refractivity contribution in [3.05, 3.63) is 243 Å². The number of hydrogen-bond acceptors (Lipinski definition) is 7. The summed E-state index contributed by atoms with van der Waals surface area (Å²) in [7, 11) is 5.94. The van der Waals surface area contributed by atoms with E-state index in [0.29, 0.717) is 23.9 Å². The highest BCUT2D eigenvalue weighted by atomic mass is 16.7. The Balaban J connectivity index is 4.30. The summed E-state index contributed by atoms with van der Waals surface area (Å²) in [5.41, 5.74) is 0. The second-order valence-electron chi connectivity index (χ2n) is 24.8. The summed E-state index contributed by atoms with van der Waals surface area (Å²) >= 11 is 0. The maximum atomic E-state index is 13.0. The minimum absolute atomic E-state index is 0.164. The molecule has 0 radical (unpaired) electrons. The van der Waals surface area contributed by atoms with Crippen molar-refractivity contribution in [3.8, 4) is 0 Å². The molecule has 0 saturated heterocycles. The zero-order valence-corrected chi connectivity index (χ0v) is 61.4. The van der Waals surface area contributed by atoms with Crippen LogP contribution in [0.4, 0.5) is 0 Å². The molecule has 1 N–H and O–H groups in total. The SMILES string of the molecule is CC/C=C\C/C=C\C/C=C\C/C=C\C/C=C\C/C=C\C/C=C\C/C=C\C/C=C\C/C=C\C/C=C\CCCCCC(=O)OC(COC(=O)CCCCCCCCC/C=C\C/C=C\C/C=C\C/C=C\C/C=C\C/C=C\C/C=C\C/C=C\C/C=C\CC)COC(OCC[N+](C)(C)C)C(=O)O. The molecule has 0 saturated carbocycles. The average molecular weight is 1330 g/mol.